The van der Waals surface area contributed by atoms with Crippen LogP contribution in [0.3, 0.4) is 0 Å². The van der Waals surface area contributed by atoms with Crippen molar-refractivity contribution < 1.29 is 19.1 Å². The lowest BCUT2D eigenvalue weighted by Gasteiger charge is -2.59. The fourth-order valence-corrected chi connectivity index (χ4v) is 10.1. The van der Waals surface area contributed by atoms with Gasteiger partial charge in [-0.2, -0.15) is 0 Å². The minimum absolute atomic E-state index is 0.109. The SMILES string of the molecule is CCCCCCCCCCCCCCCC(=O)OC[C@@]1(O)C[C@@]23CC[C@@H]4c5ccoc5CC[C@@]4(C)[C@@H]2CC[C@@H]1C3. The Hall–Kier alpha value is -1.29. The Kier molecular flexibility index (Phi) is 10.1. The first kappa shape index (κ1) is 30.2. The summed E-state index contributed by atoms with van der Waals surface area (Å²) in [5.74, 6) is 2.62. The van der Waals surface area contributed by atoms with Crippen LogP contribution in [0.2, 0.25) is 0 Å². The maximum Gasteiger partial charge on any atom is 0.305 e. The fourth-order valence-electron chi connectivity index (χ4n) is 10.1. The number of ether oxygens (including phenoxy) is 1. The fraction of sp³-hybridized carbons (Fsp3) is 0.861. The van der Waals surface area contributed by atoms with Crippen molar-refractivity contribution in [2.24, 2.45) is 22.7 Å². The molecule has 5 rings (SSSR count). The number of aryl methyl sites for hydroxylation is 1. The number of furan rings is 1. The van der Waals surface area contributed by atoms with Gasteiger partial charge in [0.1, 0.15) is 18.0 Å². The van der Waals surface area contributed by atoms with E-state index in [4.69, 9.17) is 9.15 Å². The van der Waals surface area contributed by atoms with Crippen molar-refractivity contribution in [1.82, 2.24) is 0 Å². The van der Waals surface area contributed by atoms with E-state index in [1.807, 2.05) is 6.26 Å². The Labute approximate surface area is 244 Å². The van der Waals surface area contributed by atoms with Gasteiger partial charge in [0.25, 0.3) is 0 Å². The molecule has 4 heteroatoms. The van der Waals surface area contributed by atoms with Gasteiger partial charge >= 0.3 is 5.97 Å². The summed E-state index contributed by atoms with van der Waals surface area (Å²) >= 11 is 0. The van der Waals surface area contributed by atoms with E-state index in [1.165, 1.54) is 108 Å². The second-order valence-electron chi connectivity index (χ2n) is 14.7. The summed E-state index contributed by atoms with van der Waals surface area (Å²) in [5, 5.41) is 11.8. The van der Waals surface area contributed by atoms with Gasteiger partial charge in [-0.3, -0.25) is 4.79 Å². The molecule has 1 aromatic heterocycles. The van der Waals surface area contributed by atoms with Gasteiger partial charge in [0.05, 0.1) is 6.26 Å². The molecule has 226 valence electrons. The first-order valence-corrected chi connectivity index (χ1v) is 17.3. The summed E-state index contributed by atoms with van der Waals surface area (Å²) < 4.78 is 11.6. The maximum absolute atomic E-state index is 12.6. The van der Waals surface area contributed by atoms with Crippen molar-refractivity contribution in [1.29, 1.82) is 0 Å². The van der Waals surface area contributed by atoms with Gasteiger partial charge in [-0.1, -0.05) is 90.9 Å². The van der Waals surface area contributed by atoms with Crippen LogP contribution in [0.5, 0.6) is 0 Å². The van der Waals surface area contributed by atoms with Crippen LogP contribution in [0.1, 0.15) is 166 Å². The van der Waals surface area contributed by atoms with Crippen molar-refractivity contribution in [3.05, 3.63) is 23.7 Å². The topological polar surface area (TPSA) is 59.7 Å². The molecule has 40 heavy (non-hydrogen) atoms. The normalized spacial score (nSPS) is 34.2. The third-order valence-electron chi connectivity index (χ3n) is 12.2. The third-order valence-corrected chi connectivity index (χ3v) is 12.2. The van der Waals surface area contributed by atoms with Crippen LogP contribution in [-0.4, -0.2) is 23.3 Å². The third kappa shape index (κ3) is 6.37. The van der Waals surface area contributed by atoms with E-state index >= 15 is 0 Å². The van der Waals surface area contributed by atoms with Crippen molar-refractivity contribution in [3.8, 4) is 0 Å². The lowest BCUT2D eigenvalue weighted by molar-refractivity contribution is -0.154. The molecule has 3 fully saturated rings. The van der Waals surface area contributed by atoms with Crippen LogP contribution >= 0.6 is 0 Å². The van der Waals surface area contributed by atoms with Crippen LogP contribution in [0.15, 0.2) is 16.7 Å². The Bertz CT molecular complexity index is 952. The second kappa shape index (κ2) is 13.3. The van der Waals surface area contributed by atoms with Crippen molar-refractivity contribution in [3.63, 3.8) is 0 Å². The molecule has 0 amide bonds. The largest absolute Gasteiger partial charge is 0.469 e. The molecule has 6 atom stereocenters. The van der Waals surface area contributed by atoms with Gasteiger partial charge < -0.3 is 14.3 Å². The van der Waals surface area contributed by atoms with E-state index in [0.29, 0.717) is 18.3 Å². The van der Waals surface area contributed by atoms with Crippen LogP contribution < -0.4 is 0 Å². The lowest BCUT2D eigenvalue weighted by Crippen LogP contribution is -2.51. The van der Waals surface area contributed by atoms with E-state index in [1.54, 1.807) is 0 Å². The zero-order valence-corrected chi connectivity index (χ0v) is 25.8. The van der Waals surface area contributed by atoms with E-state index in [-0.39, 0.29) is 29.3 Å². The smallest absolute Gasteiger partial charge is 0.305 e. The number of rotatable bonds is 16. The number of esters is 1. The van der Waals surface area contributed by atoms with Crippen molar-refractivity contribution in [2.75, 3.05) is 6.61 Å². The summed E-state index contributed by atoms with van der Waals surface area (Å²) in [6.07, 6.45) is 28.2. The Morgan fingerprint density at radius 3 is 2.33 bits per heavy atom. The average molecular weight is 555 g/mol. The molecule has 1 heterocycles. The zero-order chi connectivity index (χ0) is 28.1. The van der Waals surface area contributed by atoms with Gasteiger partial charge in [-0.05, 0) is 91.6 Å². The number of hydrogen-bond donors (Lipinski definition) is 1. The van der Waals surface area contributed by atoms with Crippen molar-refractivity contribution >= 4 is 5.97 Å². The molecule has 2 bridgehead atoms. The van der Waals surface area contributed by atoms with Gasteiger partial charge in [-0.15, -0.1) is 0 Å². The molecule has 4 aliphatic rings. The Morgan fingerprint density at radius 2 is 1.62 bits per heavy atom. The molecule has 0 aliphatic heterocycles. The number of unbranched alkanes of at least 4 members (excludes halogenated alkanes) is 12. The quantitative estimate of drug-likeness (QED) is 0.163. The van der Waals surface area contributed by atoms with Crippen molar-refractivity contribution in [2.45, 2.75) is 167 Å². The molecule has 4 aliphatic carbocycles. The summed E-state index contributed by atoms with van der Waals surface area (Å²) in [6, 6.07) is 2.22. The molecular formula is C36H58O4. The van der Waals surface area contributed by atoms with E-state index in [2.05, 4.69) is 19.9 Å². The number of carbonyl (C=O) groups excluding carboxylic acids is 1. The molecule has 3 saturated carbocycles. The van der Waals surface area contributed by atoms with Gasteiger partial charge in [0, 0.05) is 12.8 Å². The van der Waals surface area contributed by atoms with Crippen LogP contribution in [0.25, 0.3) is 0 Å². The van der Waals surface area contributed by atoms with Gasteiger partial charge in [0.15, 0.2) is 0 Å². The number of carbonyl (C=O) groups is 1. The minimum Gasteiger partial charge on any atom is -0.469 e. The second-order valence-corrected chi connectivity index (χ2v) is 14.7. The zero-order valence-electron chi connectivity index (χ0n) is 25.8. The highest BCUT2D eigenvalue weighted by Gasteiger charge is 2.66. The number of hydrogen-bond acceptors (Lipinski definition) is 4. The van der Waals surface area contributed by atoms with Gasteiger partial charge in [0.2, 0.25) is 0 Å². The minimum atomic E-state index is -0.834. The number of fused-ring (bicyclic) bond motifs is 5. The predicted octanol–water partition coefficient (Wildman–Crippen LogP) is 9.67. The molecule has 1 spiro atoms. The van der Waals surface area contributed by atoms with Crippen LogP contribution in [0, 0.1) is 22.7 Å². The first-order chi connectivity index (χ1) is 19.4. The summed E-state index contributed by atoms with van der Waals surface area (Å²) in [4.78, 5) is 12.6. The monoisotopic (exact) mass is 554 g/mol. The maximum atomic E-state index is 12.6. The summed E-state index contributed by atoms with van der Waals surface area (Å²) in [6.45, 7) is 5.02. The van der Waals surface area contributed by atoms with E-state index in [0.717, 1.165) is 38.5 Å². The van der Waals surface area contributed by atoms with Crippen LogP contribution in [0.4, 0.5) is 0 Å². The molecule has 4 nitrogen and oxygen atoms in total. The lowest BCUT2D eigenvalue weighted by atomic mass is 9.45. The standard InChI is InChI=1S/C36H58O4/c1-3-4-5-6-7-8-9-10-11-12-13-14-15-16-33(37)40-27-36(38)26-35-23-19-30-29-21-24-39-31(29)20-22-34(30,2)32(35)18-17-28(36)25-35/h21,24,28,30,32,38H,3-20,22-23,25-27H2,1-2H3/t28-,30-,32+,34-,35+,36+/m1/s1. The molecule has 0 radical (unpaired) electrons. The highest BCUT2D eigenvalue weighted by atomic mass is 16.5. The molecule has 0 unspecified atom stereocenters. The summed E-state index contributed by atoms with van der Waals surface area (Å²) in [7, 11) is 0. The van der Waals surface area contributed by atoms with Crippen LogP contribution in [-0.2, 0) is 16.0 Å². The first-order valence-electron chi connectivity index (χ1n) is 17.3. The Balaban J connectivity index is 0.991. The molecule has 1 N–H and O–H groups in total. The molecule has 1 aromatic rings. The Morgan fingerprint density at radius 1 is 0.950 bits per heavy atom. The van der Waals surface area contributed by atoms with Gasteiger partial charge in [-0.25, -0.2) is 0 Å². The average Bonchev–Trinajstić information content (AvgIpc) is 3.50. The highest BCUT2D eigenvalue weighted by Crippen LogP contribution is 2.72. The number of aliphatic hydroxyl groups is 1. The molecular weight excluding hydrogens is 496 g/mol. The summed E-state index contributed by atoms with van der Waals surface area (Å²) in [5.41, 5.74) is 1.13. The molecule has 0 saturated heterocycles. The van der Waals surface area contributed by atoms with E-state index in [9.17, 15) is 9.90 Å². The molecule has 0 aromatic carbocycles. The predicted molar refractivity (Wildman–Crippen MR) is 161 cm³/mol. The van der Waals surface area contributed by atoms with E-state index < -0.39 is 5.60 Å². The highest BCUT2D eigenvalue weighted by molar-refractivity contribution is 5.69.